The fourth-order valence-corrected chi connectivity index (χ4v) is 1.26. The second kappa shape index (κ2) is 4.61. The summed E-state index contributed by atoms with van der Waals surface area (Å²) in [5.74, 6) is 0.630. The molecule has 0 aromatic carbocycles. The maximum absolute atomic E-state index is 8.62. The van der Waals surface area contributed by atoms with Gasteiger partial charge < -0.3 is 4.74 Å². The van der Waals surface area contributed by atoms with Gasteiger partial charge in [-0.25, -0.2) is 4.98 Å². The Balaban J connectivity index is 3.11. The Morgan fingerprint density at radius 3 is 2.86 bits per heavy atom. The van der Waals surface area contributed by atoms with Crippen molar-refractivity contribution in [2.75, 3.05) is 7.11 Å². The van der Waals surface area contributed by atoms with E-state index in [2.05, 4.69) is 18.0 Å². The van der Waals surface area contributed by atoms with E-state index in [0.29, 0.717) is 12.3 Å². The highest BCUT2D eigenvalue weighted by Gasteiger charge is 2.09. The first-order valence-electron chi connectivity index (χ1n) is 4.43. The minimum absolute atomic E-state index is 0.0634. The van der Waals surface area contributed by atoms with Crippen molar-refractivity contribution >= 4 is 0 Å². The number of ether oxygens (including phenoxy) is 1. The van der Waals surface area contributed by atoms with Crippen molar-refractivity contribution < 1.29 is 4.74 Å². The number of aromatic nitrogens is 1. The summed E-state index contributed by atoms with van der Waals surface area (Å²) in [6, 6.07) is 5.74. The lowest BCUT2D eigenvalue weighted by Gasteiger charge is -2.10. The number of methoxy groups -OCH3 is 1. The fourth-order valence-electron chi connectivity index (χ4n) is 1.26. The highest BCUT2D eigenvalue weighted by atomic mass is 16.5. The zero-order valence-corrected chi connectivity index (χ0v) is 8.45. The Hall–Kier alpha value is -1.56. The van der Waals surface area contributed by atoms with E-state index in [9.17, 15) is 0 Å². The van der Waals surface area contributed by atoms with E-state index in [1.54, 1.807) is 13.2 Å². The molecule has 0 spiro atoms. The molecule has 3 nitrogen and oxygen atoms in total. The van der Waals surface area contributed by atoms with Crippen LogP contribution < -0.4 is 4.74 Å². The summed E-state index contributed by atoms with van der Waals surface area (Å²) in [5.41, 5.74) is 1.77. The first-order valence-corrected chi connectivity index (χ1v) is 4.43. The average Bonchev–Trinajstić information content (AvgIpc) is 2.18. The van der Waals surface area contributed by atoms with Gasteiger partial charge in [-0.05, 0) is 18.4 Å². The van der Waals surface area contributed by atoms with E-state index in [0.717, 1.165) is 11.3 Å². The van der Waals surface area contributed by atoms with Crippen LogP contribution >= 0.6 is 0 Å². The van der Waals surface area contributed by atoms with Crippen LogP contribution in [0, 0.1) is 18.3 Å². The molecule has 3 heteroatoms. The largest absolute Gasteiger partial charge is 0.481 e. The molecule has 0 N–H and O–H groups in total. The molecule has 1 rings (SSSR count). The topological polar surface area (TPSA) is 45.9 Å². The third-order valence-corrected chi connectivity index (χ3v) is 1.93. The third-order valence-electron chi connectivity index (χ3n) is 1.93. The van der Waals surface area contributed by atoms with Gasteiger partial charge in [0.15, 0.2) is 0 Å². The van der Waals surface area contributed by atoms with E-state index >= 15 is 0 Å². The lowest BCUT2D eigenvalue weighted by atomic mass is 10.0. The number of nitrogens with zero attached hydrogens (tertiary/aromatic N) is 2. The van der Waals surface area contributed by atoms with Crippen molar-refractivity contribution in [2.45, 2.75) is 19.3 Å². The maximum atomic E-state index is 8.62. The summed E-state index contributed by atoms with van der Waals surface area (Å²) in [4.78, 5) is 4.27. The standard InChI is InChI=1S/C11H13N2O/c1-8(2)11-9(6-7-12)4-5-10(13-11)14-3/h4-5,8H,1,6H2,2-3H3. The highest BCUT2D eigenvalue weighted by molar-refractivity contribution is 5.30. The number of pyridine rings is 1. The first-order chi connectivity index (χ1) is 6.69. The van der Waals surface area contributed by atoms with Gasteiger partial charge in [0.2, 0.25) is 5.88 Å². The molecule has 0 amide bonds. The van der Waals surface area contributed by atoms with Crippen LogP contribution in [-0.2, 0) is 6.42 Å². The predicted octanol–water partition coefficient (Wildman–Crippen LogP) is 2.09. The van der Waals surface area contributed by atoms with Gasteiger partial charge in [0.25, 0.3) is 0 Å². The molecule has 0 saturated heterocycles. The van der Waals surface area contributed by atoms with Crippen molar-refractivity contribution in [1.29, 1.82) is 5.26 Å². The quantitative estimate of drug-likeness (QED) is 0.731. The van der Waals surface area contributed by atoms with Gasteiger partial charge in [-0.3, -0.25) is 0 Å². The van der Waals surface area contributed by atoms with Crippen molar-refractivity contribution in [3.05, 3.63) is 30.3 Å². The average molecular weight is 189 g/mol. The Kier molecular flexibility index (Phi) is 3.47. The molecule has 0 bridgehead atoms. The number of hydrogen-bond donors (Lipinski definition) is 0. The lowest BCUT2D eigenvalue weighted by molar-refractivity contribution is 0.395. The van der Waals surface area contributed by atoms with Crippen LogP contribution in [0.4, 0.5) is 0 Å². The van der Waals surface area contributed by atoms with Crippen molar-refractivity contribution in [2.24, 2.45) is 0 Å². The molecule has 0 aliphatic carbocycles. The summed E-state index contributed by atoms with van der Waals surface area (Å²) in [6.07, 6.45) is 0.367. The minimum atomic E-state index is 0.0634. The molecule has 73 valence electrons. The Morgan fingerprint density at radius 2 is 2.36 bits per heavy atom. The monoisotopic (exact) mass is 189 g/mol. The zero-order valence-electron chi connectivity index (χ0n) is 8.45. The molecule has 1 aromatic heterocycles. The summed E-state index contributed by atoms with van der Waals surface area (Å²) in [5, 5.41) is 8.62. The Labute approximate surface area is 84.3 Å². The minimum Gasteiger partial charge on any atom is -0.481 e. The van der Waals surface area contributed by atoms with Crippen LogP contribution in [0.5, 0.6) is 5.88 Å². The van der Waals surface area contributed by atoms with Crippen LogP contribution in [0.3, 0.4) is 0 Å². The summed E-state index contributed by atoms with van der Waals surface area (Å²) >= 11 is 0. The third kappa shape index (κ3) is 2.23. The first kappa shape index (κ1) is 10.5. The molecule has 1 atom stereocenters. The number of rotatable bonds is 3. The van der Waals surface area contributed by atoms with Gasteiger partial charge in [-0.2, -0.15) is 5.26 Å². The molecule has 0 aliphatic heterocycles. The van der Waals surface area contributed by atoms with Gasteiger partial charge in [0.05, 0.1) is 25.3 Å². The summed E-state index contributed by atoms with van der Waals surface area (Å²) < 4.78 is 5.02. The van der Waals surface area contributed by atoms with Gasteiger partial charge in [0, 0.05) is 6.07 Å². The van der Waals surface area contributed by atoms with Crippen molar-refractivity contribution in [3.63, 3.8) is 0 Å². The molecule has 0 saturated carbocycles. The predicted molar refractivity (Wildman–Crippen MR) is 53.9 cm³/mol. The lowest BCUT2D eigenvalue weighted by Crippen LogP contribution is -2.01. The molecule has 0 aliphatic rings. The van der Waals surface area contributed by atoms with E-state index in [1.807, 2.05) is 13.0 Å². The van der Waals surface area contributed by atoms with Crippen molar-refractivity contribution in [3.8, 4) is 11.9 Å². The zero-order chi connectivity index (χ0) is 10.6. The molecular weight excluding hydrogens is 176 g/mol. The molecule has 1 radical (unpaired) electrons. The highest BCUT2D eigenvalue weighted by Crippen LogP contribution is 2.20. The van der Waals surface area contributed by atoms with E-state index in [4.69, 9.17) is 10.00 Å². The van der Waals surface area contributed by atoms with E-state index in [-0.39, 0.29) is 5.92 Å². The molecule has 1 heterocycles. The van der Waals surface area contributed by atoms with Crippen LogP contribution in [0.15, 0.2) is 12.1 Å². The maximum Gasteiger partial charge on any atom is 0.213 e. The van der Waals surface area contributed by atoms with E-state index < -0.39 is 0 Å². The van der Waals surface area contributed by atoms with Crippen molar-refractivity contribution in [1.82, 2.24) is 4.98 Å². The SMILES string of the molecule is [CH2]C(C)c1nc(OC)ccc1CC#N. The number of nitriles is 1. The van der Waals surface area contributed by atoms with Crippen LogP contribution in [0.1, 0.15) is 24.1 Å². The summed E-state index contributed by atoms with van der Waals surface area (Å²) in [7, 11) is 1.57. The summed E-state index contributed by atoms with van der Waals surface area (Å²) in [6.45, 7) is 5.85. The van der Waals surface area contributed by atoms with Gasteiger partial charge in [0.1, 0.15) is 0 Å². The Morgan fingerprint density at radius 1 is 1.64 bits per heavy atom. The fraction of sp³-hybridized carbons (Fsp3) is 0.364. The second-order valence-corrected chi connectivity index (χ2v) is 3.13. The molecule has 1 aromatic rings. The molecule has 0 fully saturated rings. The van der Waals surface area contributed by atoms with Crippen LogP contribution in [0.2, 0.25) is 0 Å². The van der Waals surface area contributed by atoms with Crippen LogP contribution in [0.25, 0.3) is 0 Å². The van der Waals surface area contributed by atoms with Gasteiger partial charge in [-0.15, -0.1) is 0 Å². The number of hydrogen-bond acceptors (Lipinski definition) is 3. The molecule has 14 heavy (non-hydrogen) atoms. The smallest absolute Gasteiger partial charge is 0.213 e. The van der Waals surface area contributed by atoms with Gasteiger partial charge in [-0.1, -0.05) is 13.0 Å². The second-order valence-electron chi connectivity index (χ2n) is 3.13. The normalized spacial score (nSPS) is 9.93. The van der Waals surface area contributed by atoms with Gasteiger partial charge >= 0.3 is 0 Å². The van der Waals surface area contributed by atoms with E-state index in [1.165, 1.54) is 0 Å². The Bertz CT molecular complexity index is 353. The molecule has 1 unspecified atom stereocenters. The molecular formula is C11H13N2O. The van der Waals surface area contributed by atoms with Crippen LogP contribution in [-0.4, -0.2) is 12.1 Å².